The van der Waals surface area contributed by atoms with Gasteiger partial charge in [-0.3, -0.25) is 9.10 Å². The molecule has 1 N–H and O–H groups in total. The fourth-order valence-electron chi connectivity index (χ4n) is 4.22. The lowest BCUT2D eigenvalue weighted by Gasteiger charge is -2.31. The molecular formula is C24H32N2O4S. The van der Waals surface area contributed by atoms with Crippen LogP contribution in [0.1, 0.15) is 55.8 Å². The van der Waals surface area contributed by atoms with Gasteiger partial charge in [0.05, 0.1) is 25.1 Å². The largest absolute Gasteiger partial charge is 0.497 e. The van der Waals surface area contributed by atoms with Gasteiger partial charge in [-0.25, -0.2) is 8.42 Å². The van der Waals surface area contributed by atoms with E-state index in [2.05, 4.69) is 23.5 Å². The van der Waals surface area contributed by atoms with Crippen LogP contribution in [0.25, 0.3) is 0 Å². The van der Waals surface area contributed by atoms with Crippen LogP contribution in [-0.2, 0) is 27.7 Å². The summed E-state index contributed by atoms with van der Waals surface area (Å²) in [6.45, 7) is 3.75. The highest BCUT2D eigenvalue weighted by atomic mass is 32.2. The highest BCUT2D eigenvalue weighted by Crippen LogP contribution is 2.28. The molecule has 0 aromatic heterocycles. The third-order valence-electron chi connectivity index (χ3n) is 5.87. The van der Waals surface area contributed by atoms with Gasteiger partial charge in [-0.15, -0.1) is 0 Å². The number of methoxy groups -OCH3 is 1. The number of nitrogens with zero attached hydrogens (tertiary/aromatic N) is 1. The molecule has 0 saturated carbocycles. The number of ether oxygens (including phenoxy) is 1. The van der Waals surface area contributed by atoms with Crippen LogP contribution in [0.4, 0.5) is 5.69 Å². The lowest BCUT2D eigenvalue weighted by atomic mass is 9.89. The average Bonchev–Trinajstić information content (AvgIpc) is 2.75. The van der Waals surface area contributed by atoms with Gasteiger partial charge in [0.15, 0.2) is 0 Å². The first-order valence-corrected chi connectivity index (χ1v) is 12.6. The van der Waals surface area contributed by atoms with Gasteiger partial charge < -0.3 is 10.1 Å². The van der Waals surface area contributed by atoms with E-state index in [0.717, 1.165) is 24.7 Å². The molecule has 0 heterocycles. The molecule has 7 heteroatoms. The van der Waals surface area contributed by atoms with Crippen molar-refractivity contribution in [3.8, 4) is 5.75 Å². The van der Waals surface area contributed by atoms with E-state index in [1.165, 1.54) is 35.4 Å². The molecule has 1 amide bonds. The molecular weight excluding hydrogens is 412 g/mol. The summed E-state index contributed by atoms with van der Waals surface area (Å²) < 4.78 is 31.7. The second-order valence-electron chi connectivity index (χ2n) is 8.15. The van der Waals surface area contributed by atoms with Crippen molar-refractivity contribution in [2.75, 3.05) is 17.7 Å². The molecule has 0 fully saturated rings. The van der Waals surface area contributed by atoms with Crippen molar-refractivity contribution in [3.05, 3.63) is 59.2 Å². The predicted molar refractivity (Wildman–Crippen MR) is 124 cm³/mol. The Bertz CT molecular complexity index is 1040. The van der Waals surface area contributed by atoms with Crippen LogP contribution in [0.5, 0.6) is 5.75 Å². The molecule has 1 aliphatic rings. The van der Waals surface area contributed by atoms with E-state index < -0.39 is 16.1 Å². The number of aryl methyl sites for hydroxylation is 2. The van der Waals surface area contributed by atoms with Crippen LogP contribution in [0, 0.1) is 0 Å². The SMILES string of the molecule is CC[C@@H](C(=O)N[C@H](C)c1ccc2c(c1)CCCC2)N(c1cccc(OC)c1)S(C)(=O)=O. The van der Waals surface area contributed by atoms with E-state index in [0.29, 0.717) is 17.9 Å². The number of benzene rings is 2. The summed E-state index contributed by atoms with van der Waals surface area (Å²) in [6.07, 6.45) is 6.06. The average molecular weight is 445 g/mol. The predicted octanol–water partition coefficient (Wildman–Crippen LogP) is 4.00. The second-order valence-corrected chi connectivity index (χ2v) is 10.0. The third-order valence-corrected chi connectivity index (χ3v) is 7.05. The van der Waals surface area contributed by atoms with Crippen LogP contribution in [0.15, 0.2) is 42.5 Å². The summed E-state index contributed by atoms with van der Waals surface area (Å²) in [5, 5.41) is 3.03. The lowest BCUT2D eigenvalue weighted by Crippen LogP contribution is -2.49. The number of sulfonamides is 1. The zero-order chi connectivity index (χ0) is 22.6. The summed E-state index contributed by atoms with van der Waals surface area (Å²) in [6, 6.07) is 12.1. The molecule has 0 unspecified atom stereocenters. The van der Waals surface area contributed by atoms with Crippen molar-refractivity contribution in [1.82, 2.24) is 5.32 Å². The molecule has 31 heavy (non-hydrogen) atoms. The molecule has 2 aromatic rings. The minimum Gasteiger partial charge on any atom is -0.497 e. The number of anilines is 1. The smallest absolute Gasteiger partial charge is 0.244 e. The first-order chi connectivity index (χ1) is 14.7. The fraction of sp³-hybridized carbons (Fsp3) is 0.458. The summed E-state index contributed by atoms with van der Waals surface area (Å²) in [5.74, 6) is 0.213. The van der Waals surface area contributed by atoms with Crippen molar-refractivity contribution < 1.29 is 17.9 Å². The number of hydrogen-bond donors (Lipinski definition) is 1. The summed E-state index contributed by atoms with van der Waals surface area (Å²) >= 11 is 0. The number of amides is 1. The Morgan fingerprint density at radius 3 is 2.48 bits per heavy atom. The topological polar surface area (TPSA) is 75.7 Å². The van der Waals surface area contributed by atoms with Crippen LogP contribution in [0.3, 0.4) is 0 Å². The Morgan fingerprint density at radius 2 is 1.84 bits per heavy atom. The zero-order valence-corrected chi connectivity index (χ0v) is 19.5. The molecule has 3 rings (SSSR count). The number of rotatable bonds is 8. The zero-order valence-electron chi connectivity index (χ0n) is 18.7. The van der Waals surface area contributed by atoms with Gasteiger partial charge >= 0.3 is 0 Å². The highest BCUT2D eigenvalue weighted by Gasteiger charge is 2.32. The maximum atomic E-state index is 13.2. The lowest BCUT2D eigenvalue weighted by molar-refractivity contribution is -0.122. The van der Waals surface area contributed by atoms with Gasteiger partial charge in [0.1, 0.15) is 11.8 Å². The molecule has 2 atom stereocenters. The van der Waals surface area contributed by atoms with Crippen LogP contribution in [0.2, 0.25) is 0 Å². The van der Waals surface area contributed by atoms with Crippen molar-refractivity contribution >= 4 is 21.6 Å². The number of hydrogen-bond acceptors (Lipinski definition) is 4. The Kier molecular flexibility index (Phi) is 7.26. The fourth-order valence-corrected chi connectivity index (χ4v) is 5.43. The number of carbonyl (C=O) groups is 1. The van der Waals surface area contributed by atoms with Crippen molar-refractivity contribution in [2.45, 2.75) is 58.0 Å². The Morgan fingerprint density at radius 1 is 1.13 bits per heavy atom. The van der Waals surface area contributed by atoms with Crippen molar-refractivity contribution in [1.29, 1.82) is 0 Å². The molecule has 168 valence electrons. The monoisotopic (exact) mass is 444 g/mol. The van der Waals surface area contributed by atoms with E-state index >= 15 is 0 Å². The van der Waals surface area contributed by atoms with Gasteiger partial charge in [0.25, 0.3) is 0 Å². The van der Waals surface area contributed by atoms with Gasteiger partial charge in [-0.2, -0.15) is 0 Å². The van der Waals surface area contributed by atoms with E-state index in [9.17, 15) is 13.2 Å². The normalized spacial score (nSPS) is 15.5. The second kappa shape index (κ2) is 9.73. The molecule has 6 nitrogen and oxygen atoms in total. The summed E-state index contributed by atoms with van der Waals surface area (Å²) in [4.78, 5) is 13.2. The van der Waals surface area contributed by atoms with Crippen LogP contribution < -0.4 is 14.4 Å². The van der Waals surface area contributed by atoms with E-state index in [1.807, 2.05) is 13.8 Å². The Balaban J connectivity index is 1.84. The van der Waals surface area contributed by atoms with Gasteiger partial charge in [-0.05, 0) is 67.9 Å². The van der Waals surface area contributed by atoms with Crippen molar-refractivity contribution in [2.24, 2.45) is 0 Å². The van der Waals surface area contributed by atoms with Crippen molar-refractivity contribution in [3.63, 3.8) is 0 Å². The van der Waals surface area contributed by atoms with E-state index in [4.69, 9.17) is 4.74 Å². The third kappa shape index (κ3) is 5.39. The standard InChI is InChI=1S/C24H32N2O4S/c1-5-23(26(31(4,28)29)21-11-8-12-22(16-21)30-3)24(27)25-17(2)19-14-13-18-9-6-7-10-20(18)15-19/h8,11-17,23H,5-7,9-10H2,1-4H3,(H,25,27)/t17-,23+/m1/s1. The molecule has 0 saturated heterocycles. The maximum absolute atomic E-state index is 13.2. The van der Waals surface area contributed by atoms with E-state index in [1.54, 1.807) is 24.3 Å². The summed E-state index contributed by atoms with van der Waals surface area (Å²) in [5.41, 5.74) is 4.19. The molecule has 0 spiro atoms. The first-order valence-electron chi connectivity index (χ1n) is 10.8. The quantitative estimate of drug-likeness (QED) is 0.668. The van der Waals surface area contributed by atoms with Gasteiger partial charge in [0, 0.05) is 6.07 Å². The minimum absolute atomic E-state index is 0.222. The molecule has 1 aliphatic carbocycles. The molecule has 2 aromatic carbocycles. The number of fused-ring (bicyclic) bond motifs is 1. The minimum atomic E-state index is -3.69. The highest BCUT2D eigenvalue weighted by molar-refractivity contribution is 7.92. The molecule has 0 bridgehead atoms. The summed E-state index contributed by atoms with van der Waals surface area (Å²) in [7, 11) is -2.17. The number of carbonyl (C=O) groups excluding carboxylic acids is 1. The van der Waals surface area contributed by atoms with Gasteiger partial charge in [0.2, 0.25) is 15.9 Å². The van der Waals surface area contributed by atoms with Crippen LogP contribution >= 0.6 is 0 Å². The molecule has 0 aliphatic heterocycles. The maximum Gasteiger partial charge on any atom is 0.244 e. The molecule has 0 radical (unpaired) electrons. The first kappa shape index (κ1) is 23.1. The number of nitrogens with one attached hydrogen (secondary N) is 1. The van der Waals surface area contributed by atoms with Gasteiger partial charge in [-0.1, -0.05) is 31.2 Å². The van der Waals surface area contributed by atoms with Crippen LogP contribution in [-0.4, -0.2) is 33.7 Å². The van der Waals surface area contributed by atoms with E-state index in [-0.39, 0.29) is 11.9 Å². The Labute approximate surface area is 185 Å². The Hall–Kier alpha value is -2.54.